The third-order valence-corrected chi connectivity index (χ3v) is 3.07. The van der Waals surface area contributed by atoms with Gasteiger partial charge in [0.25, 0.3) is 0 Å². The van der Waals surface area contributed by atoms with Crippen LogP contribution in [0.25, 0.3) is 0 Å². The summed E-state index contributed by atoms with van der Waals surface area (Å²) in [7, 11) is 1.87. The molecule has 2 heterocycles. The van der Waals surface area contributed by atoms with Gasteiger partial charge in [0, 0.05) is 12.7 Å². The van der Waals surface area contributed by atoms with E-state index in [2.05, 4.69) is 12.0 Å². The molecule has 2 rings (SSSR count). The lowest BCUT2D eigenvalue weighted by molar-refractivity contribution is 0.0989. The Morgan fingerprint density at radius 3 is 2.61 bits per heavy atom. The van der Waals surface area contributed by atoms with Gasteiger partial charge in [-0.25, -0.2) is 0 Å². The van der Waals surface area contributed by atoms with Crippen LogP contribution in [0.1, 0.15) is 40.2 Å². The summed E-state index contributed by atoms with van der Waals surface area (Å²) in [4.78, 5) is 12.2. The second-order valence-corrected chi connectivity index (χ2v) is 4.53. The van der Waals surface area contributed by atoms with Gasteiger partial charge >= 0.3 is 0 Å². The van der Waals surface area contributed by atoms with Crippen LogP contribution in [0.15, 0.2) is 16.5 Å². The maximum atomic E-state index is 12.2. The summed E-state index contributed by atoms with van der Waals surface area (Å²) in [6.07, 6.45) is 1.25. The van der Waals surface area contributed by atoms with Crippen LogP contribution < -0.4 is 0 Å². The van der Waals surface area contributed by atoms with Crippen LogP contribution in [0, 0.1) is 13.8 Å². The van der Waals surface area contributed by atoms with Crippen LogP contribution in [0.4, 0.5) is 0 Å². The van der Waals surface area contributed by atoms with Gasteiger partial charge in [-0.2, -0.15) is 5.10 Å². The number of carbonyl (C=O) groups is 1. The summed E-state index contributed by atoms with van der Waals surface area (Å²) in [5.74, 6) is 1.54. The number of nitrogens with zero attached hydrogens (tertiary/aromatic N) is 2. The molecule has 18 heavy (non-hydrogen) atoms. The zero-order chi connectivity index (χ0) is 13.3. The van der Waals surface area contributed by atoms with Crippen molar-refractivity contribution in [3.05, 3.63) is 40.6 Å². The van der Waals surface area contributed by atoms with E-state index in [4.69, 9.17) is 4.42 Å². The Balaban J connectivity index is 2.21. The average molecular weight is 246 g/mol. The van der Waals surface area contributed by atoms with E-state index in [1.54, 1.807) is 10.7 Å². The lowest BCUT2D eigenvalue weighted by Crippen LogP contribution is -2.08. The predicted octanol–water partition coefficient (Wildman–Crippen LogP) is 2.62. The molecule has 4 nitrogen and oxygen atoms in total. The van der Waals surface area contributed by atoms with E-state index in [0.717, 1.165) is 23.6 Å². The largest absolute Gasteiger partial charge is 0.466 e. The maximum absolute atomic E-state index is 12.2. The Hall–Kier alpha value is -1.84. The van der Waals surface area contributed by atoms with Crippen LogP contribution in [0.5, 0.6) is 0 Å². The molecule has 0 unspecified atom stereocenters. The zero-order valence-electron chi connectivity index (χ0n) is 11.3. The molecule has 2 aromatic heterocycles. The van der Waals surface area contributed by atoms with Gasteiger partial charge in [0.05, 0.1) is 17.7 Å². The van der Waals surface area contributed by atoms with Gasteiger partial charge in [-0.1, -0.05) is 6.92 Å². The van der Waals surface area contributed by atoms with Gasteiger partial charge in [-0.3, -0.25) is 9.48 Å². The van der Waals surface area contributed by atoms with Crippen molar-refractivity contribution < 1.29 is 9.21 Å². The van der Waals surface area contributed by atoms with Gasteiger partial charge in [0.15, 0.2) is 5.78 Å². The molecular weight excluding hydrogens is 228 g/mol. The highest BCUT2D eigenvalue weighted by molar-refractivity contribution is 5.98. The summed E-state index contributed by atoms with van der Waals surface area (Å²) in [5, 5.41) is 4.34. The fraction of sp³-hybridized carbons (Fsp3) is 0.429. The first kappa shape index (κ1) is 12.6. The van der Waals surface area contributed by atoms with E-state index in [1.807, 2.05) is 27.0 Å². The lowest BCUT2D eigenvalue weighted by atomic mass is 10.1. The maximum Gasteiger partial charge on any atom is 0.172 e. The smallest absolute Gasteiger partial charge is 0.172 e. The molecule has 0 aromatic carbocycles. The summed E-state index contributed by atoms with van der Waals surface area (Å²) >= 11 is 0. The Morgan fingerprint density at radius 2 is 2.11 bits per heavy atom. The second kappa shape index (κ2) is 4.80. The molecule has 0 aliphatic carbocycles. The minimum absolute atomic E-state index is 0.0787. The lowest BCUT2D eigenvalue weighted by Gasteiger charge is -2.00. The van der Waals surface area contributed by atoms with E-state index < -0.39 is 0 Å². The molecule has 0 saturated carbocycles. The SMILES string of the molecule is CCc1cc(CC(=O)c2cc(C)oc2C)n(C)n1. The molecule has 0 saturated heterocycles. The van der Waals surface area contributed by atoms with Gasteiger partial charge in [0.2, 0.25) is 0 Å². The van der Waals surface area contributed by atoms with E-state index in [-0.39, 0.29) is 5.78 Å². The van der Waals surface area contributed by atoms with Gasteiger partial charge in [-0.15, -0.1) is 0 Å². The number of Topliss-reactive ketones (excluding diaryl/α,β-unsaturated/α-hetero) is 1. The Bertz CT molecular complexity index is 579. The first-order chi connectivity index (χ1) is 8.51. The Kier molecular flexibility index (Phi) is 3.36. The molecule has 0 aliphatic rings. The average Bonchev–Trinajstić information content (AvgIpc) is 2.82. The third-order valence-electron chi connectivity index (χ3n) is 3.07. The number of hydrogen-bond donors (Lipinski definition) is 0. The first-order valence-corrected chi connectivity index (χ1v) is 6.13. The molecule has 0 aliphatic heterocycles. The van der Waals surface area contributed by atoms with Crippen LogP contribution in [0.2, 0.25) is 0 Å². The normalized spacial score (nSPS) is 10.9. The Morgan fingerprint density at radius 1 is 1.39 bits per heavy atom. The van der Waals surface area contributed by atoms with Crippen LogP contribution in [-0.4, -0.2) is 15.6 Å². The molecule has 0 spiro atoms. The zero-order valence-corrected chi connectivity index (χ0v) is 11.3. The topological polar surface area (TPSA) is 48.0 Å². The second-order valence-electron chi connectivity index (χ2n) is 4.53. The number of rotatable bonds is 4. The quantitative estimate of drug-likeness (QED) is 0.779. The number of hydrogen-bond acceptors (Lipinski definition) is 3. The summed E-state index contributed by atoms with van der Waals surface area (Å²) < 4.78 is 7.16. The Labute approximate surface area is 107 Å². The number of aromatic nitrogens is 2. The van der Waals surface area contributed by atoms with E-state index in [0.29, 0.717) is 17.7 Å². The first-order valence-electron chi connectivity index (χ1n) is 6.13. The van der Waals surface area contributed by atoms with Crippen molar-refractivity contribution in [2.75, 3.05) is 0 Å². The highest BCUT2D eigenvalue weighted by Gasteiger charge is 2.16. The van der Waals surface area contributed by atoms with Crippen molar-refractivity contribution in [2.24, 2.45) is 7.05 Å². The van der Waals surface area contributed by atoms with Gasteiger partial charge in [-0.05, 0) is 32.4 Å². The molecule has 0 atom stereocenters. The monoisotopic (exact) mass is 246 g/mol. The fourth-order valence-electron chi connectivity index (χ4n) is 2.08. The standard InChI is InChI=1S/C14H18N2O2/c1-5-11-7-12(16(4)15-11)8-14(17)13-6-9(2)18-10(13)3/h6-7H,5,8H2,1-4H3. The molecule has 96 valence electrons. The van der Waals surface area contributed by atoms with Crippen molar-refractivity contribution >= 4 is 5.78 Å². The molecule has 0 N–H and O–H groups in total. The summed E-state index contributed by atoms with van der Waals surface area (Å²) in [6, 6.07) is 3.79. The summed E-state index contributed by atoms with van der Waals surface area (Å²) in [6.45, 7) is 5.72. The fourth-order valence-corrected chi connectivity index (χ4v) is 2.08. The minimum Gasteiger partial charge on any atom is -0.466 e. The van der Waals surface area contributed by atoms with E-state index in [9.17, 15) is 4.79 Å². The van der Waals surface area contributed by atoms with Crippen LogP contribution >= 0.6 is 0 Å². The van der Waals surface area contributed by atoms with Crippen molar-refractivity contribution in [1.29, 1.82) is 0 Å². The minimum atomic E-state index is 0.0787. The molecule has 0 bridgehead atoms. The number of furan rings is 1. The summed E-state index contributed by atoms with van der Waals surface area (Å²) in [5.41, 5.74) is 2.63. The van der Waals surface area contributed by atoms with Crippen LogP contribution in [-0.2, 0) is 19.9 Å². The molecular formula is C14H18N2O2. The van der Waals surface area contributed by atoms with E-state index >= 15 is 0 Å². The van der Waals surface area contributed by atoms with Crippen molar-refractivity contribution in [1.82, 2.24) is 9.78 Å². The van der Waals surface area contributed by atoms with Crippen molar-refractivity contribution in [2.45, 2.75) is 33.6 Å². The van der Waals surface area contributed by atoms with Crippen molar-refractivity contribution in [3.63, 3.8) is 0 Å². The molecule has 4 heteroatoms. The van der Waals surface area contributed by atoms with E-state index in [1.165, 1.54) is 0 Å². The molecule has 2 aromatic rings. The van der Waals surface area contributed by atoms with Crippen molar-refractivity contribution in [3.8, 4) is 0 Å². The van der Waals surface area contributed by atoms with Gasteiger partial charge in [0.1, 0.15) is 11.5 Å². The van der Waals surface area contributed by atoms with Gasteiger partial charge < -0.3 is 4.42 Å². The molecule has 0 fully saturated rings. The van der Waals surface area contributed by atoms with Crippen LogP contribution in [0.3, 0.4) is 0 Å². The third kappa shape index (κ3) is 2.37. The highest BCUT2D eigenvalue weighted by atomic mass is 16.3. The number of ketones is 1. The number of carbonyl (C=O) groups excluding carboxylic acids is 1. The molecule has 0 amide bonds. The molecule has 0 radical (unpaired) electrons. The predicted molar refractivity (Wildman–Crippen MR) is 68.8 cm³/mol. The highest BCUT2D eigenvalue weighted by Crippen LogP contribution is 2.16. The number of aryl methyl sites for hydroxylation is 4.